The summed E-state index contributed by atoms with van der Waals surface area (Å²) in [5.74, 6) is -0.526. The summed E-state index contributed by atoms with van der Waals surface area (Å²) in [5.41, 5.74) is 2.80. The van der Waals surface area contributed by atoms with E-state index in [1.807, 2.05) is 12.1 Å². The van der Waals surface area contributed by atoms with E-state index in [2.05, 4.69) is 41.3 Å². The Bertz CT molecular complexity index is 594. The zero-order valence-corrected chi connectivity index (χ0v) is 11.5. The Kier molecular flexibility index (Phi) is 4.30. The van der Waals surface area contributed by atoms with Crippen molar-refractivity contribution in [2.45, 2.75) is 26.3 Å². The number of benzene rings is 1. The second-order valence-corrected chi connectivity index (χ2v) is 4.82. The number of carboxylic acids is 1. The Labute approximate surface area is 117 Å². The predicted octanol–water partition coefficient (Wildman–Crippen LogP) is 2.91. The van der Waals surface area contributed by atoms with Crippen LogP contribution in [0.5, 0.6) is 0 Å². The molecule has 5 nitrogen and oxygen atoms in total. The van der Waals surface area contributed by atoms with E-state index in [0.29, 0.717) is 18.2 Å². The van der Waals surface area contributed by atoms with E-state index in [0.717, 1.165) is 5.69 Å². The van der Waals surface area contributed by atoms with Crippen LogP contribution in [-0.4, -0.2) is 21.0 Å². The largest absolute Gasteiger partial charge is 0.478 e. The maximum absolute atomic E-state index is 11.0. The predicted molar refractivity (Wildman–Crippen MR) is 76.8 cm³/mol. The number of carboxylic acid groups (broad SMARTS) is 1. The minimum Gasteiger partial charge on any atom is -0.478 e. The molecular weight excluding hydrogens is 254 g/mol. The number of rotatable bonds is 5. The van der Waals surface area contributed by atoms with Gasteiger partial charge in [0.25, 0.3) is 0 Å². The van der Waals surface area contributed by atoms with Gasteiger partial charge in [0.15, 0.2) is 0 Å². The summed E-state index contributed by atoms with van der Waals surface area (Å²) in [5, 5.41) is 12.2. The zero-order valence-electron chi connectivity index (χ0n) is 11.5. The van der Waals surface area contributed by atoms with Gasteiger partial charge in [-0.25, -0.2) is 14.8 Å². The van der Waals surface area contributed by atoms with Gasteiger partial charge < -0.3 is 10.4 Å². The fourth-order valence-corrected chi connectivity index (χ4v) is 1.85. The minimum absolute atomic E-state index is 0.124. The van der Waals surface area contributed by atoms with Crippen molar-refractivity contribution in [3.63, 3.8) is 0 Å². The summed E-state index contributed by atoms with van der Waals surface area (Å²) in [6, 6.07) is 8.09. The van der Waals surface area contributed by atoms with E-state index in [-0.39, 0.29) is 5.56 Å². The number of hydrogen-bond donors (Lipinski definition) is 2. The number of aromatic nitrogens is 2. The number of hydrogen-bond acceptors (Lipinski definition) is 4. The van der Waals surface area contributed by atoms with Gasteiger partial charge in [-0.05, 0) is 23.6 Å². The number of nitrogens with zero attached hydrogens (tertiary/aromatic N) is 2. The molecule has 2 aromatic rings. The highest BCUT2D eigenvalue weighted by Gasteiger charge is 2.10. The van der Waals surface area contributed by atoms with Crippen LogP contribution in [0.25, 0.3) is 0 Å². The van der Waals surface area contributed by atoms with Gasteiger partial charge in [0.2, 0.25) is 0 Å². The first-order valence-electron chi connectivity index (χ1n) is 6.44. The molecular formula is C15H17N3O2. The minimum atomic E-state index is -1.02. The van der Waals surface area contributed by atoms with Crippen LogP contribution < -0.4 is 5.32 Å². The third kappa shape index (κ3) is 3.32. The number of anilines is 1. The fourth-order valence-electron chi connectivity index (χ4n) is 1.85. The molecule has 0 fully saturated rings. The molecule has 0 aliphatic rings. The Balaban J connectivity index is 2.07. The van der Waals surface area contributed by atoms with Crippen molar-refractivity contribution >= 4 is 11.7 Å². The van der Waals surface area contributed by atoms with Gasteiger partial charge in [-0.2, -0.15) is 0 Å². The lowest BCUT2D eigenvalue weighted by atomic mass is 10.0. The molecule has 0 aliphatic carbocycles. The zero-order chi connectivity index (χ0) is 14.5. The summed E-state index contributed by atoms with van der Waals surface area (Å²) in [6.45, 7) is 4.64. The van der Waals surface area contributed by atoms with Crippen molar-refractivity contribution in [3.05, 3.63) is 53.6 Å². The van der Waals surface area contributed by atoms with Crippen molar-refractivity contribution in [1.29, 1.82) is 0 Å². The number of carbonyl (C=O) groups is 1. The second-order valence-electron chi connectivity index (χ2n) is 4.82. The highest BCUT2D eigenvalue weighted by molar-refractivity contribution is 5.88. The lowest BCUT2D eigenvalue weighted by Gasteiger charge is -2.10. The molecule has 0 aliphatic heterocycles. The Morgan fingerprint density at radius 2 is 2.00 bits per heavy atom. The third-order valence-corrected chi connectivity index (χ3v) is 3.06. The van der Waals surface area contributed by atoms with Gasteiger partial charge >= 0.3 is 5.97 Å². The molecule has 20 heavy (non-hydrogen) atoms. The Morgan fingerprint density at radius 3 is 2.60 bits per heavy atom. The van der Waals surface area contributed by atoms with E-state index in [9.17, 15) is 4.79 Å². The third-order valence-electron chi connectivity index (χ3n) is 3.06. The highest BCUT2D eigenvalue weighted by Crippen LogP contribution is 2.17. The molecule has 0 unspecified atom stereocenters. The first kappa shape index (κ1) is 14.0. The average Bonchev–Trinajstić information content (AvgIpc) is 2.45. The maximum atomic E-state index is 11.0. The SMILES string of the molecule is CC(C)c1ccc(NCc2ncncc2C(=O)O)cc1. The summed E-state index contributed by atoms with van der Waals surface area (Å²) in [4.78, 5) is 18.8. The molecule has 5 heteroatoms. The normalized spacial score (nSPS) is 10.6. The summed E-state index contributed by atoms with van der Waals surface area (Å²) in [7, 11) is 0. The highest BCUT2D eigenvalue weighted by atomic mass is 16.4. The van der Waals surface area contributed by atoms with Crippen molar-refractivity contribution in [1.82, 2.24) is 9.97 Å². The Hall–Kier alpha value is -2.43. The van der Waals surface area contributed by atoms with Gasteiger partial charge in [0.1, 0.15) is 11.9 Å². The summed E-state index contributed by atoms with van der Waals surface area (Å²) in [6.07, 6.45) is 2.67. The first-order chi connectivity index (χ1) is 9.58. The second kappa shape index (κ2) is 6.14. The molecule has 104 valence electrons. The lowest BCUT2D eigenvalue weighted by Crippen LogP contribution is -2.10. The molecule has 2 rings (SSSR count). The molecule has 0 spiro atoms. The van der Waals surface area contributed by atoms with E-state index in [1.54, 1.807) is 0 Å². The quantitative estimate of drug-likeness (QED) is 0.874. The molecule has 1 heterocycles. The lowest BCUT2D eigenvalue weighted by molar-refractivity contribution is 0.0694. The molecule has 0 saturated carbocycles. The maximum Gasteiger partial charge on any atom is 0.339 e. The molecule has 0 amide bonds. The molecule has 0 atom stereocenters. The van der Waals surface area contributed by atoms with Crippen LogP contribution in [0.15, 0.2) is 36.8 Å². The monoisotopic (exact) mass is 271 g/mol. The van der Waals surface area contributed by atoms with Gasteiger partial charge in [-0.3, -0.25) is 0 Å². The van der Waals surface area contributed by atoms with Crippen LogP contribution in [0.1, 0.15) is 41.4 Å². The van der Waals surface area contributed by atoms with Crippen molar-refractivity contribution in [3.8, 4) is 0 Å². The van der Waals surface area contributed by atoms with E-state index in [4.69, 9.17) is 5.11 Å². The van der Waals surface area contributed by atoms with Crippen LogP contribution in [0.2, 0.25) is 0 Å². The fraction of sp³-hybridized carbons (Fsp3) is 0.267. The van der Waals surface area contributed by atoms with Gasteiger partial charge in [0, 0.05) is 11.9 Å². The van der Waals surface area contributed by atoms with Crippen LogP contribution in [0, 0.1) is 0 Å². The topological polar surface area (TPSA) is 75.1 Å². The molecule has 0 radical (unpaired) electrons. The summed E-state index contributed by atoms with van der Waals surface area (Å²) >= 11 is 0. The van der Waals surface area contributed by atoms with E-state index >= 15 is 0 Å². The Morgan fingerprint density at radius 1 is 1.30 bits per heavy atom. The van der Waals surface area contributed by atoms with E-state index in [1.165, 1.54) is 18.1 Å². The first-order valence-corrected chi connectivity index (χ1v) is 6.44. The van der Waals surface area contributed by atoms with Crippen LogP contribution in [-0.2, 0) is 6.54 Å². The van der Waals surface area contributed by atoms with Crippen LogP contribution >= 0.6 is 0 Å². The molecule has 1 aromatic heterocycles. The number of aromatic carboxylic acids is 1. The van der Waals surface area contributed by atoms with Crippen molar-refractivity contribution in [2.24, 2.45) is 0 Å². The van der Waals surface area contributed by atoms with Crippen LogP contribution in [0.3, 0.4) is 0 Å². The molecule has 1 aromatic carbocycles. The molecule has 0 saturated heterocycles. The van der Waals surface area contributed by atoms with Gasteiger partial charge in [-0.15, -0.1) is 0 Å². The van der Waals surface area contributed by atoms with E-state index < -0.39 is 5.97 Å². The summed E-state index contributed by atoms with van der Waals surface area (Å²) < 4.78 is 0. The smallest absolute Gasteiger partial charge is 0.339 e. The number of nitrogens with one attached hydrogen (secondary N) is 1. The molecule has 0 bridgehead atoms. The van der Waals surface area contributed by atoms with Crippen molar-refractivity contribution < 1.29 is 9.90 Å². The molecule has 2 N–H and O–H groups in total. The standard InChI is InChI=1S/C15H17N3O2/c1-10(2)11-3-5-12(6-4-11)17-8-14-13(15(19)20)7-16-9-18-14/h3-7,9-10,17H,8H2,1-2H3,(H,19,20). The van der Waals surface area contributed by atoms with Gasteiger partial charge in [-0.1, -0.05) is 26.0 Å². The van der Waals surface area contributed by atoms with Gasteiger partial charge in [0.05, 0.1) is 12.2 Å². The average molecular weight is 271 g/mol. The van der Waals surface area contributed by atoms with Crippen LogP contribution in [0.4, 0.5) is 5.69 Å². The van der Waals surface area contributed by atoms with Crippen molar-refractivity contribution in [2.75, 3.05) is 5.32 Å².